The molecule has 3 atom stereocenters. The van der Waals surface area contributed by atoms with E-state index in [2.05, 4.69) is 10.7 Å². The lowest BCUT2D eigenvalue weighted by molar-refractivity contribution is -0.145. The maximum absolute atomic E-state index is 13.7. The van der Waals surface area contributed by atoms with Gasteiger partial charge < -0.3 is 10.4 Å². The second kappa shape index (κ2) is 9.65. The van der Waals surface area contributed by atoms with Crippen molar-refractivity contribution in [2.45, 2.75) is 44.2 Å². The van der Waals surface area contributed by atoms with Gasteiger partial charge in [0.25, 0.3) is 0 Å². The highest BCUT2D eigenvalue weighted by Gasteiger charge is 2.66. The van der Waals surface area contributed by atoms with Crippen molar-refractivity contribution in [2.24, 2.45) is 5.92 Å². The summed E-state index contributed by atoms with van der Waals surface area (Å²) in [7, 11) is 0. The van der Waals surface area contributed by atoms with Crippen molar-refractivity contribution in [3.8, 4) is 0 Å². The van der Waals surface area contributed by atoms with Crippen LogP contribution in [0.1, 0.15) is 38.7 Å². The average Bonchev–Trinajstić information content (AvgIpc) is 3.07. The van der Waals surface area contributed by atoms with Crippen molar-refractivity contribution < 1.29 is 23.5 Å². The average molecular weight is 446 g/mol. The Morgan fingerprint density at radius 3 is 2.38 bits per heavy atom. The second-order valence-corrected chi connectivity index (χ2v) is 8.19. The van der Waals surface area contributed by atoms with E-state index in [0.29, 0.717) is 24.1 Å². The summed E-state index contributed by atoms with van der Waals surface area (Å²) in [5.41, 5.74) is 1.12. The molecule has 2 aromatic carbocycles. The Kier molecular flexibility index (Phi) is 7.13. The summed E-state index contributed by atoms with van der Waals surface area (Å²) < 4.78 is 26.7. The summed E-state index contributed by atoms with van der Waals surface area (Å²) in [6, 6.07) is 14.3. The standard InChI is InChI=1S/C24H29F2N3O3/c1-3-4-10-20-23(2,22(31)32)29(19-8-6-5-7-9-19)28-24(20,21(30)27-16-15-25)17-11-13-18(26)14-12-17/h5-9,11-14,20,28H,3-4,10,15-16H2,1-2H3,(H,27,30)(H,31,32). The van der Waals surface area contributed by atoms with Gasteiger partial charge in [-0.1, -0.05) is 50.1 Å². The predicted octanol–water partition coefficient (Wildman–Crippen LogP) is 3.78. The van der Waals surface area contributed by atoms with Crippen LogP contribution in [0.3, 0.4) is 0 Å². The highest BCUT2D eigenvalue weighted by Crippen LogP contribution is 2.50. The number of unbranched alkanes of at least 4 members (excludes halogenated alkanes) is 1. The van der Waals surface area contributed by atoms with Crippen LogP contribution >= 0.6 is 0 Å². The molecule has 0 aliphatic carbocycles. The lowest BCUT2D eigenvalue weighted by Crippen LogP contribution is -2.57. The fourth-order valence-electron chi connectivity index (χ4n) is 4.63. The molecule has 0 aromatic heterocycles. The van der Waals surface area contributed by atoms with Crippen molar-refractivity contribution in [1.29, 1.82) is 0 Å². The van der Waals surface area contributed by atoms with Gasteiger partial charge in [0.2, 0.25) is 5.91 Å². The Bertz CT molecular complexity index is 941. The first-order valence-corrected chi connectivity index (χ1v) is 10.8. The topological polar surface area (TPSA) is 81.7 Å². The largest absolute Gasteiger partial charge is 0.479 e. The number of rotatable bonds is 9. The third-order valence-corrected chi connectivity index (χ3v) is 6.29. The molecule has 0 spiro atoms. The van der Waals surface area contributed by atoms with E-state index in [9.17, 15) is 23.5 Å². The van der Waals surface area contributed by atoms with Crippen molar-refractivity contribution >= 4 is 17.6 Å². The molecule has 0 saturated carbocycles. The number of para-hydroxylation sites is 1. The molecule has 3 unspecified atom stereocenters. The van der Waals surface area contributed by atoms with Crippen LogP contribution in [-0.2, 0) is 15.1 Å². The van der Waals surface area contributed by atoms with Crippen LogP contribution in [0.4, 0.5) is 14.5 Å². The molecule has 0 bridgehead atoms. The molecule has 1 saturated heterocycles. The first kappa shape index (κ1) is 23.7. The summed E-state index contributed by atoms with van der Waals surface area (Å²) in [4.78, 5) is 26.4. The molecule has 1 heterocycles. The number of hydrazine groups is 1. The number of anilines is 1. The minimum atomic E-state index is -1.54. The fourth-order valence-corrected chi connectivity index (χ4v) is 4.63. The first-order valence-electron chi connectivity index (χ1n) is 10.8. The minimum absolute atomic E-state index is 0.209. The van der Waals surface area contributed by atoms with Gasteiger partial charge in [-0.3, -0.25) is 9.80 Å². The third-order valence-electron chi connectivity index (χ3n) is 6.29. The Hall–Kier alpha value is -3.00. The lowest BCUT2D eigenvalue weighted by Gasteiger charge is -2.37. The van der Waals surface area contributed by atoms with Crippen LogP contribution in [-0.4, -0.2) is 35.7 Å². The number of nitrogens with zero attached hydrogens (tertiary/aromatic N) is 1. The molecular formula is C24H29F2N3O3. The van der Waals surface area contributed by atoms with Crippen molar-refractivity contribution in [2.75, 3.05) is 18.2 Å². The Balaban J connectivity index is 2.27. The van der Waals surface area contributed by atoms with E-state index in [1.807, 2.05) is 13.0 Å². The zero-order chi connectivity index (χ0) is 23.4. The number of carbonyl (C=O) groups is 2. The molecule has 1 aliphatic heterocycles. The summed E-state index contributed by atoms with van der Waals surface area (Å²) in [5.74, 6) is -2.86. The van der Waals surface area contributed by atoms with E-state index < -0.39 is 41.4 Å². The summed E-state index contributed by atoms with van der Waals surface area (Å²) in [6.45, 7) is 2.60. The van der Waals surface area contributed by atoms with E-state index in [1.165, 1.54) is 29.3 Å². The molecule has 3 N–H and O–H groups in total. The molecule has 1 aliphatic rings. The number of nitrogens with one attached hydrogen (secondary N) is 2. The van der Waals surface area contributed by atoms with Gasteiger partial charge in [0.1, 0.15) is 18.0 Å². The Morgan fingerprint density at radius 2 is 1.81 bits per heavy atom. The number of hydrogen-bond donors (Lipinski definition) is 3. The quantitative estimate of drug-likeness (QED) is 0.547. The molecule has 32 heavy (non-hydrogen) atoms. The van der Waals surface area contributed by atoms with Crippen LogP contribution in [0.25, 0.3) is 0 Å². The highest BCUT2D eigenvalue weighted by atomic mass is 19.1. The van der Waals surface area contributed by atoms with Gasteiger partial charge in [-0.05, 0) is 43.2 Å². The van der Waals surface area contributed by atoms with Crippen molar-refractivity contribution in [1.82, 2.24) is 10.7 Å². The van der Waals surface area contributed by atoms with Gasteiger partial charge >= 0.3 is 5.97 Å². The van der Waals surface area contributed by atoms with E-state index in [1.54, 1.807) is 31.2 Å². The molecule has 3 rings (SSSR count). The third kappa shape index (κ3) is 3.95. The van der Waals surface area contributed by atoms with Crippen molar-refractivity contribution in [3.05, 3.63) is 66.0 Å². The van der Waals surface area contributed by atoms with Crippen LogP contribution in [0.15, 0.2) is 54.6 Å². The highest BCUT2D eigenvalue weighted by molar-refractivity contribution is 5.94. The first-order chi connectivity index (χ1) is 15.3. The number of hydrogen-bond acceptors (Lipinski definition) is 4. The lowest BCUT2D eigenvalue weighted by atomic mass is 9.68. The van der Waals surface area contributed by atoms with Crippen LogP contribution in [0.2, 0.25) is 0 Å². The second-order valence-electron chi connectivity index (χ2n) is 8.19. The van der Waals surface area contributed by atoms with E-state index >= 15 is 0 Å². The predicted molar refractivity (Wildman–Crippen MR) is 118 cm³/mol. The number of benzene rings is 2. The van der Waals surface area contributed by atoms with Gasteiger partial charge in [0, 0.05) is 12.5 Å². The van der Waals surface area contributed by atoms with Crippen LogP contribution < -0.4 is 15.8 Å². The number of carboxylic acids is 1. The van der Waals surface area contributed by atoms with E-state index in [4.69, 9.17) is 0 Å². The molecule has 172 valence electrons. The number of alkyl halides is 1. The van der Waals surface area contributed by atoms with Crippen LogP contribution in [0, 0.1) is 11.7 Å². The zero-order valence-corrected chi connectivity index (χ0v) is 18.3. The molecule has 1 amide bonds. The van der Waals surface area contributed by atoms with Crippen LogP contribution in [0.5, 0.6) is 0 Å². The number of carbonyl (C=O) groups excluding carboxylic acids is 1. The smallest absolute Gasteiger partial charge is 0.331 e. The molecule has 6 nitrogen and oxygen atoms in total. The van der Waals surface area contributed by atoms with Gasteiger partial charge in [-0.2, -0.15) is 0 Å². The molecule has 8 heteroatoms. The number of halogens is 2. The molecule has 2 aromatic rings. The molecule has 0 radical (unpaired) electrons. The maximum atomic E-state index is 13.7. The summed E-state index contributed by atoms with van der Waals surface area (Å²) >= 11 is 0. The monoisotopic (exact) mass is 445 g/mol. The Morgan fingerprint density at radius 1 is 1.16 bits per heavy atom. The fraction of sp³-hybridized carbons (Fsp3) is 0.417. The van der Waals surface area contributed by atoms with E-state index in [-0.39, 0.29) is 6.54 Å². The normalized spacial score (nSPS) is 25.0. The number of aliphatic carboxylic acids is 1. The molecular weight excluding hydrogens is 416 g/mol. The minimum Gasteiger partial charge on any atom is -0.479 e. The van der Waals surface area contributed by atoms with E-state index in [0.717, 1.165) is 6.42 Å². The van der Waals surface area contributed by atoms with Gasteiger partial charge in [-0.25, -0.2) is 19.0 Å². The van der Waals surface area contributed by atoms with Gasteiger partial charge in [0.05, 0.1) is 5.69 Å². The maximum Gasteiger partial charge on any atom is 0.331 e. The van der Waals surface area contributed by atoms with Crippen molar-refractivity contribution in [3.63, 3.8) is 0 Å². The van der Waals surface area contributed by atoms with Gasteiger partial charge in [-0.15, -0.1) is 0 Å². The SMILES string of the molecule is CCCCC1C(C(=O)NCCF)(c2ccc(F)cc2)NN(c2ccccc2)C1(C)C(=O)O. The molecule has 1 fully saturated rings. The Labute approximate surface area is 186 Å². The van der Waals surface area contributed by atoms with Gasteiger partial charge in [0.15, 0.2) is 5.54 Å². The number of carboxylic acid groups (broad SMARTS) is 1. The summed E-state index contributed by atoms with van der Waals surface area (Å²) in [6.07, 6.45) is 1.89. The summed E-state index contributed by atoms with van der Waals surface area (Å²) in [5, 5.41) is 14.5. The zero-order valence-electron chi connectivity index (χ0n) is 18.3. The number of amides is 1.